The molecule has 30 heavy (non-hydrogen) atoms. The molecular weight excluding hydrogens is 461 g/mol. The van der Waals surface area contributed by atoms with E-state index in [1.165, 1.54) is 24.3 Å². The minimum atomic E-state index is -1.18. The number of rotatable bonds is 8. The molecule has 2 rings (SSSR count). The van der Waals surface area contributed by atoms with E-state index in [-0.39, 0.29) is 17.1 Å². The fourth-order valence-corrected chi connectivity index (χ4v) is 3.06. The number of nitrogens with two attached hydrogens (primary N) is 2. The molecule has 0 bridgehead atoms. The van der Waals surface area contributed by atoms with Crippen molar-refractivity contribution in [3.63, 3.8) is 0 Å². The second-order valence-corrected chi connectivity index (χ2v) is 7.11. The molecule has 1 atom stereocenters. The van der Waals surface area contributed by atoms with Gasteiger partial charge in [-0.3, -0.25) is 14.4 Å². The van der Waals surface area contributed by atoms with Gasteiger partial charge in [0.15, 0.2) is 5.96 Å². The van der Waals surface area contributed by atoms with Gasteiger partial charge < -0.3 is 27.2 Å². The molecule has 0 saturated carbocycles. The third-order valence-corrected chi connectivity index (χ3v) is 4.24. The van der Waals surface area contributed by atoms with Gasteiger partial charge in [-0.1, -0.05) is 22.0 Å². The molecule has 158 valence electrons. The first-order valence-corrected chi connectivity index (χ1v) is 9.38. The van der Waals surface area contributed by atoms with Crippen molar-refractivity contribution in [2.24, 2.45) is 16.5 Å². The van der Waals surface area contributed by atoms with Crippen molar-refractivity contribution in [2.45, 2.75) is 12.5 Å². The molecule has 0 aromatic heterocycles. The predicted octanol–water partition coefficient (Wildman–Crippen LogP) is 1.56. The summed E-state index contributed by atoms with van der Waals surface area (Å²) in [7, 11) is 0. The lowest BCUT2D eigenvalue weighted by Gasteiger charge is -2.18. The van der Waals surface area contributed by atoms with E-state index in [2.05, 4.69) is 31.6 Å². The summed E-state index contributed by atoms with van der Waals surface area (Å²) >= 11 is 3.13. The number of aliphatic imine (C=N–C) groups is 1. The number of guanidine groups is 1. The molecule has 0 fully saturated rings. The van der Waals surface area contributed by atoms with Crippen molar-refractivity contribution in [3.8, 4) is 0 Å². The summed E-state index contributed by atoms with van der Waals surface area (Å²) in [6.07, 6.45) is -0.462. The monoisotopic (exact) mass is 479 g/mol. The molecule has 0 aliphatic heterocycles. The highest BCUT2D eigenvalue weighted by molar-refractivity contribution is 9.10. The highest BCUT2D eigenvalue weighted by Crippen LogP contribution is 2.23. The van der Waals surface area contributed by atoms with Crippen LogP contribution in [0.3, 0.4) is 0 Å². The minimum Gasteiger partial charge on any atom is -0.481 e. The summed E-state index contributed by atoms with van der Waals surface area (Å²) in [6, 6.07) is 8.97. The summed E-state index contributed by atoms with van der Waals surface area (Å²) < 4.78 is 14.0. The Morgan fingerprint density at radius 2 is 1.90 bits per heavy atom. The number of hydrogen-bond acceptors (Lipinski definition) is 4. The van der Waals surface area contributed by atoms with E-state index in [4.69, 9.17) is 16.6 Å². The molecule has 0 spiro atoms. The first kappa shape index (κ1) is 22.8. The molecule has 0 heterocycles. The highest BCUT2D eigenvalue weighted by atomic mass is 79.9. The van der Waals surface area contributed by atoms with Gasteiger partial charge in [0.25, 0.3) is 5.91 Å². The largest absolute Gasteiger partial charge is 0.481 e. The molecule has 0 aliphatic carbocycles. The maximum Gasteiger partial charge on any atom is 0.305 e. The standard InChI is InChI=1S/C19H19BrFN5O4/c20-12-4-11(5-13(21)7-12)15(8-17(28)29)26-16(27)9-24-18(30)10-2-1-3-14(6-10)25-19(22)23/h1-7,15H,8-9H2,(H,24,30)(H,26,27)(H,28,29)(H4,22,23,25). The smallest absolute Gasteiger partial charge is 0.305 e. The Morgan fingerprint density at radius 1 is 1.17 bits per heavy atom. The number of halogens is 2. The minimum absolute atomic E-state index is 0.166. The van der Waals surface area contributed by atoms with Crippen LogP contribution in [0.15, 0.2) is 51.9 Å². The number of hydrogen-bond donors (Lipinski definition) is 5. The van der Waals surface area contributed by atoms with Gasteiger partial charge in [-0.25, -0.2) is 9.38 Å². The highest BCUT2D eigenvalue weighted by Gasteiger charge is 2.20. The van der Waals surface area contributed by atoms with Gasteiger partial charge in [-0.15, -0.1) is 0 Å². The Balaban J connectivity index is 2.04. The summed E-state index contributed by atoms with van der Waals surface area (Å²) in [5, 5.41) is 14.0. The van der Waals surface area contributed by atoms with Crippen molar-refractivity contribution in [3.05, 3.63) is 63.9 Å². The molecule has 9 nitrogen and oxygen atoms in total. The molecule has 2 amide bonds. The van der Waals surface area contributed by atoms with E-state index in [1.54, 1.807) is 12.1 Å². The summed E-state index contributed by atoms with van der Waals surface area (Å²) in [4.78, 5) is 39.5. The number of amides is 2. The lowest BCUT2D eigenvalue weighted by molar-refractivity contribution is -0.137. The van der Waals surface area contributed by atoms with E-state index in [0.717, 1.165) is 6.07 Å². The second-order valence-electron chi connectivity index (χ2n) is 6.19. The normalized spacial score (nSPS) is 11.3. The van der Waals surface area contributed by atoms with Crippen molar-refractivity contribution in [2.75, 3.05) is 6.54 Å². The average molecular weight is 480 g/mol. The van der Waals surface area contributed by atoms with Crippen LogP contribution in [0.1, 0.15) is 28.4 Å². The first-order valence-electron chi connectivity index (χ1n) is 8.59. The van der Waals surface area contributed by atoms with Crippen LogP contribution in [0, 0.1) is 5.82 Å². The third kappa shape index (κ3) is 7.17. The Morgan fingerprint density at radius 3 is 2.53 bits per heavy atom. The number of carbonyl (C=O) groups is 3. The molecule has 11 heteroatoms. The van der Waals surface area contributed by atoms with Gasteiger partial charge in [-0.05, 0) is 42.0 Å². The van der Waals surface area contributed by atoms with E-state index in [1.807, 2.05) is 0 Å². The predicted molar refractivity (Wildman–Crippen MR) is 111 cm³/mol. The number of aliphatic carboxylic acids is 1. The molecule has 7 N–H and O–H groups in total. The van der Waals surface area contributed by atoms with Crippen LogP contribution in [0.5, 0.6) is 0 Å². The van der Waals surface area contributed by atoms with E-state index < -0.39 is 42.6 Å². The molecule has 2 aromatic rings. The third-order valence-electron chi connectivity index (χ3n) is 3.78. The Hall–Kier alpha value is -3.47. The quantitative estimate of drug-likeness (QED) is 0.285. The molecular formula is C19H19BrFN5O4. The lowest BCUT2D eigenvalue weighted by atomic mass is 10.0. The average Bonchev–Trinajstić information content (AvgIpc) is 2.64. The Kier molecular flexibility index (Phi) is 7.87. The molecule has 0 radical (unpaired) electrons. The van der Waals surface area contributed by atoms with E-state index in [9.17, 15) is 18.8 Å². The summed E-state index contributed by atoms with van der Waals surface area (Å²) in [6.45, 7) is -0.419. The zero-order valence-corrected chi connectivity index (χ0v) is 17.1. The van der Waals surface area contributed by atoms with Crippen LogP contribution in [-0.4, -0.2) is 35.4 Å². The number of carbonyl (C=O) groups excluding carboxylic acids is 2. The molecule has 0 saturated heterocycles. The SMILES string of the molecule is NC(N)=Nc1cccc(C(=O)NCC(=O)NC(CC(=O)O)c2cc(F)cc(Br)c2)c1. The van der Waals surface area contributed by atoms with Crippen LogP contribution in [0.25, 0.3) is 0 Å². The topological polar surface area (TPSA) is 160 Å². The Bertz CT molecular complexity index is 974. The van der Waals surface area contributed by atoms with Gasteiger partial charge in [0, 0.05) is 10.0 Å². The van der Waals surface area contributed by atoms with Crippen LogP contribution < -0.4 is 22.1 Å². The fraction of sp³-hybridized carbons (Fsp3) is 0.158. The zero-order valence-electron chi connectivity index (χ0n) is 15.6. The Labute approximate surface area is 179 Å². The lowest BCUT2D eigenvalue weighted by Crippen LogP contribution is -2.39. The van der Waals surface area contributed by atoms with Crippen LogP contribution >= 0.6 is 15.9 Å². The number of carboxylic acids is 1. The van der Waals surface area contributed by atoms with Gasteiger partial charge >= 0.3 is 5.97 Å². The maximum atomic E-state index is 13.6. The zero-order chi connectivity index (χ0) is 22.3. The van der Waals surface area contributed by atoms with Gasteiger partial charge in [0.2, 0.25) is 5.91 Å². The van der Waals surface area contributed by atoms with Crippen molar-refractivity contribution >= 4 is 45.4 Å². The first-order chi connectivity index (χ1) is 14.1. The van der Waals surface area contributed by atoms with Gasteiger partial charge in [0.1, 0.15) is 5.82 Å². The van der Waals surface area contributed by atoms with Crippen LogP contribution in [0.2, 0.25) is 0 Å². The number of nitrogens with zero attached hydrogens (tertiary/aromatic N) is 1. The fourth-order valence-electron chi connectivity index (χ4n) is 2.58. The molecule has 0 aliphatic rings. The number of nitrogens with one attached hydrogen (secondary N) is 2. The second kappa shape index (κ2) is 10.3. The van der Waals surface area contributed by atoms with Gasteiger partial charge in [-0.2, -0.15) is 0 Å². The summed E-state index contributed by atoms with van der Waals surface area (Å²) in [5.74, 6) is -3.13. The van der Waals surface area contributed by atoms with E-state index >= 15 is 0 Å². The van der Waals surface area contributed by atoms with Gasteiger partial charge in [0.05, 0.1) is 24.7 Å². The van der Waals surface area contributed by atoms with Crippen LogP contribution in [0.4, 0.5) is 10.1 Å². The number of benzene rings is 2. The summed E-state index contributed by atoms with van der Waals surface area (Å²) in [5.41, 5.74) is 11.5. The van der Waals surface area contributed by atoms with Crippen molar-refractivity contribution < 1.29 is 23.9 Å². The van der Waals surface area contributed by atoms with Crippen molar-refractivity contribution in [1.29, 1.82) is 0 Å². The molecule has 1 unspecified atom stereocenters. The number of carboxylic acid groups (broad SMARTS) is 1. The van der Waals surface area contributed by atoms with Crippen molar-refractivity contribution in [1.82, 2.24) is 10.6 Å². The van der Waals surface area contributed by atoms with Crippen LogP contribution in [-0.2, 0) is 9.59 Å². The van der Waals surface area contributed by atoms with E-state index in [0.29, 0.717) is 10.2 Å². The molecule has 2 aromatic carbocycles. The maximum absolute atomic E-state index is 13.6.